The zero-order valence-corrected chi connectivity index (χ0v) is 12.5. The zero-order chi connectivity index (χ0) is 15.3. The molecule has 3 fully saturated rings. The number of halogens is 2. The van der Waals surface area contributed by atoms with Crippen LogP contribution in [0.15, 0.2) is 24.3 Å². The molecule has 0 bridgehead atoms. The van der Waals surface area contributed by atoms with Crippen LogP contribution in [0.5, 0.6) is 0 Å². The van der Waals surface area contributed by atoms with Crippen molar-refractivity contribution in [2.24, 2.45) is 11.8 Å². The van der Waals surface area contributed by atoms with Gasteiger partial charge in [0.05, 0.1) is 0 Å². The van der Waals surface area contributed by atoms with Gasteiger partial charge in [0.2, 0.25) is 0 Å². The molecule has 0 N–H and O–H groups in total. The van der Waals surface area contributed by atoms with Crippen LogP contribution in [0.3, 0.4) is 0 Å². The van der Waals surface area contributed by atoms with Crippen LogP contribution < -0.4 is 0 Å². The van der Waals surface area contributed by atoms with Crippen molar-refractivity contribution in [1.29, 1.82) is 0 Å². The molecule has 1 amide bonds. The van der Waals surface area contributed by atoms with Crippen molar-refractivity contribution in [1.82, 2.24) is 9.80 Å². The summed E-state index contributed by atoms with van der Waals surface area (Å²) in [6.07, 6.45) is 0.784. The second-order valence-electron chi connectivity index (χ2n) is 7.02. The summed E-state index contributed by atoms with van der Waals surface area (Å²) in [7, 11) is 0. The molecule has 2 atom stereocenters. The van der Waals surface area contributed by atoms with Gasteiger partial charge in [-0.3, -0.25) is 9.69 Å². The molecule has 2 aliphatic heterocycles. The van der Waals surface area contributed by atoms with Gasteiger partial charge < -0.3 is 4.90 Å². The number of likely N-dealkylation sites (tertiary alicyclic amines) is 2. The maximum atomic E-state index is 13.9. The van der Waals surface area contributed by atoms with E-state index in [4.69, 9.17) is 0 Å². The Bertz CT molecular complexity index is 588. The largest absolute Gasteiger partial charge is 0.339 e. The number of alkyl halides is 1. The fraction of sp³-hybridized carbons (Fsp3) is 0.588. The van der Waals surface area contributed by atoms with Crippen molar-refractivity contribution < 1.29 is 13.6 Å². The normalized spacial score (nSPS) is 29.6. The third kappa shape index (κ3) is 2.51. The number of amides is 1. The molecule has 1 aromatic carbocycles. The summed E-state index contributed by atoms with van der Waals surface area (Å²) >= 11 is 0. The Morgan fingerprint density at radius 1 is 1.18 bits per heavy atom. The molecular formula is C17H20F2N2O. The first-order valence-electron chi connectivity index (χ1n) is 7.99. The molecule has 118 valence electrons. The standard InChI is InChI=1S/C17H20F2N2O/c18-15-3-1-2-12(6-15)7-20-8-13-10-21(11-14(13)9-20)16(22)17(19)4-5-17/h1-3,6,13-14H,4-5,7-11H2. The van der Waals surface area contributed by atoms with E-state index in [2.05, 4.69) is 4.90 Å². The van der Waals surface area contributed by atoms with E-state index in [0.717, 1.165) is 25.2 Å². The number of carbonyl (C=O) groups excluding carboxylic acids is 1. The number of fused-ring (bicyclic) bond motifs is 1. The van der Waals surface area contributed by atoms with Crippen LogP contribution >= 0.6 is 0 Å². The van der Waals surface area contributed by atoms with Crippen LogP contribution in [0, 0.1) is 17.7 Å². The number of carbonyl (C=O) groups is 1. The van der Waals surface area contributed by atoms with Crippen molar-refractivity contribution >= 4 is 5.91 Å². The molecule has 1 aromatic rings. The summed E-state index contributed by atoms with van der Waals surface area (Å²) in [5.41, 5.74) is -0.562. The van der Waals surface area contributed by atoms with Crippen LogP contribution in [0.4, 0.5) is 8.78 Å². The molecule has 1 aliphatic carbocycles. The molecule has 2 heterocycles. The van der Waals surface area contributed by atoms with Gasteiger partial charge in [0.1, 0.15) is 5.82 Å². The number of hydrogen-bond acceptors (Lipinski definition) is 2. The molecular weight excluding hydrogens is 286 g/mol. The van der Waals surface area contributed by atoms with E-state index in [1.165, 1.54) is 6.07 Å². The van der Waals surface area contributed by atoms with E-state index in [1.807, 2.05) is 6.07 Å². The van der Waals surface area contributed by atoms with Gasteiger partial charge in [-0.05, 0) is 42.4 Å². The summed E-state index contributed by atoms with van der Waals surface area (Å²) < 4.78 is 27.1. The number of hydrogen-bond donors (Lipinski definition) is 0. The predicted octanol–water partition coefficient (Wildman–Crippen LogP) is 2.22. The second kappa shape index (κ2) is 5.01. The minimum absolute atomic E-state index is 0.202. The third-order valence-corrected chi connectivity index (χ3v) is 5.22. The highest BCUT2D eigenvalue weighted by Gasteiger charge is 2.55. The van der Waals surface area contributed by atoms with E-state index in [-0.39, 0.29) is 11.7 Å². The Kier molecular flexibility index (Phi) is 3.22. The van der Waals surface area contributed by atoms with Gasteiger partial charge in [0.15, 0.2) is 5.67 Å². The number of nitrogens with zero attached hydrogens (tertiary/aromatic N) is 2. The predicted molar refractivity (Wildman–Crippen MR) is 78.3 cm³/mol. The van der Waals surface area contributed by atoms with Gasteiger partial charge >= 0.3 is 0 Å². The van der Waals surface area contributed by atoms with Crippen molar-refractivity contribution in [3.05, 3.63) is 35.6 Å². The highest BCUT2D eigenvalue weighted by atomic mass is 19.1. The van der Waals surface area contributed by atoms with Crippen LogP contribution in [0.25, 0.3) is 0 Å². The van der Waals surface area contributed by atoms with Crippen LogP contribution in [-0.2, 0) is 11.3 Å². The minimum atomic E-state index is -1.54. The first kappa shape index (κ1) is 14.1. The maximum absolute atomic E-state index is 13.9. The van der Waals surface area contributed by atoms with E-state index >= 15 is 0 Å². The summed E-state index contributed by atoms with van der Waals surface area (Å²) in [5.74, 6) is 0.365. The number of benzene rings is 1. The molecule has 1 saturated carbocycles. The summed E-state index contributed by atoms with van der Waals surface area (Å²) in [6.45, 7) is 3.91. The van der Waals surface area contributed by atoms with Gasteiger partial charge in [-0.25, -0.2) is 8.78 Å². The zero-order valence-electron chi connectivity index (χ0n) is 12.5. The third-order valence-electron chi connectivity index (χ3n) is 5.22. The Labute approximate surface area is 128 Å². The van der Waals surface area contributed by atoms with E-state index < -0.39 is 5.67 Å². The fourth-order valence-corrected chi connectivity index (χ4v) is 3.89. The van der Waals surface area contributed by atoms with Crippen molar-refractivity contribution in [2.45, 2.75) is 25.1 Å². The fourth-order valence-electron chi connectivity index (χ4n) is 3.89. The highest BCUT2D eigenvalue weighted by molar-refractivity contribution is 5.88. The van der Waals surface area contributed by atoms with E-state index in [0.29, 0.717) is 37.8 Å². The first-order chi connectivity index (χ1) is 10.5. The summed E-state index contributed by atoms with van der Waals surface area (Å²) in [5, 5.41) is 0. The summed E-state index contributed by atoms with van der Waals surface area (Å²) in [4.78, 5) is 16.1. The second-order valence-corrected chi connectivity index (χ2v) is 7.02. The van der Waals surface area contributed by atoms with Crippen molar-refractivity contribution in [2.75, 3.05) is 26.2 Å². The molecule has 3 nitrogen and oxygen atoms in total. The highest BCUT2D eigenvalue weighted by Crippen LogP contribution is 2.43. The molecule has 2 unspecified atom stereocenters. The Morgan fingerprint density at radius 3 is 2.45 bits per heavy atom. The lowest BCUT2D eigenvalue weighted by Crippen LogP contribution is -2.39. The van der Waals surface area contributed by atoms with Crippen LogP contribution in [-0.4, -0.2) is 47.6 Å². The Morgan fingerprint density at radius 2 is 1.86 bits per heavy atom. The van der Waals surface area contributed by atoms with Gasteiger partial charge in [-0.15, -0.1) is 0 Å². The molecule has 3 aliphatic rings. The molecule has 0 radical (unpaired) electrons. The molecule has 0 aromatic heterocycles. The molecule has 0 spiro atoms. The minimum Gasteiger partial charge on any atom is -0.339 e. The lowest BCUT2D eigenvalue weighted by atomic mass is 10.0. The summed E-state index contributed by atoms with van der Waals surface area (Å²) in [6, 6.07) is 6.70. The Hall–Kier alpha value is -1.49. The lowest BCUT2D eigenvalue weighted by Gasteiger charge is -2.22. The quantitative estimate of drug-likeness (QED) is 0.855. The average Bonchev–Trinajstić information content (AvgIpc) is 2.93. The van der Waals surface area contributed by atoms with Crippen molar-refractivity contribution in [3.8, 4) is 0 Å². The lowest BCUT2D eigenvalue weighted by molar-refractivity contribution is -0.137. The molecule has 4 rings (SSSR count). The SMILES string of the molecule is O=C(N1CC2CN(Cc3cccc(F)c3)CC2C1)C1(F)CC1. The van der Waals surface area contributed by atoms with Gasteiger partial charge in [-0.1, -0.05) is 12.1 Å². The monoisotopic (exact) mass is 306 g/mol. The smallest absolute Gasteiger partial charge is 0.260 e. The van der Waals surface area contributed by atoms with Crippen molar-refractivity contribution in [3.63, 3.8) is 0 Å². The topological polar surface area (TPSA) is 23.6 Å². The molecule has 2 saturated heterocycles. The van der Waals surface area contributed by atoms with E-state index in [9.17, 15) is 13.6 Å². The van der Waals surface area contributed by atoms with Gasteiger partial charge in [-0.2, -0.15) is 0 Å². The first-order valence-corrected chi connectivity index (χ1v) is 7.99. The number of rotatable bonds is 3. The van der Waals surface area contributed by atoms with Crippen LogP contribution in [0.2, 0.25) is 0 Å². The van der Waals surface area contributed by atoms with E-state index in [1.54, 1.807) is 17.0 Å². The Balaban J connectivity index is 1.35. The van der Waals surface area contributed by atoms with Gasteiger partial charge in [0.25, 0.3) is 5.91 Å². The average molecular weight is 306 g/mol. The molecule has 5 heteroatoms. The molecule has 22 heavy (non-hydrogen) atoms. The maximum Gasteiger partial charge on any atom is 0.260 e. The van der Waals surface area contributed by atoms with Gasteiger partial charge in [0, 0.05) is 32.7 Å². The van der Waals surface area contributed by atoms with Crippen LogP contribution in [0.1, 0.15) is 18.4 Å².